The van der Waals surface area contributed by atoms with E-state index in [1.165, 1.54) is 13.0 Å². The highest BCUT2D eigenvalue weighted by atomic mass is 19.4. The van der Waals surface area contributed by atoms with Crippen molar-refractivity contribution in [1.29, 1.82) is 0 Å². The van der Waals surface area contributed by atoms with Crippen LogP contribution >= 0.6 is 0 Å². The van der Waals surface area contributed by atoms with Crippen molar-refractivity contribution in [3.8, 4) is 11.3 Å². The molecule has 0 aliphatic heterocycles. The van der Waals surface area contributed by atoms with Gasteiger partial charge in [0.05, 0.1) is 17.0 Å². The molecule has 3 nitrogen and oxygen atoms in total. The number of amides is 1. The van der Waals surface area contributed by atoms with Crippen molar-refractivity contribution < 1.29 is 18.0 Å². The van der Waals surface area contributed by atoms with Crippen molar-refractivity contribution in [2.75, 3.05) is 13.1 Å². The molecule has 122 valence electrons. The van der Waals surface area contributed by atoms with Crippen LogP contribution in [0.1, 0.15) is 23.0 Å². The van der Waals surface area contributed by atoms with Crippen LogP contribution in [-0.2, 0) is 0 Å². The van der Waals surface area contributed by atoms with Gasteiger partial charge in [0.2, 0.25) is 0 Å². The first-order valence-electron chi connectivity index (χ1n) is 7.21. The molecule has 0 aliphatic carbocycles. The number of carbonyl (C=O) groups excluding carboxylic acids is 1. The zero-order valence-electron chi connectivity index (χ0n) is 12.9. The molecule has 0 saturated heterocycles. The second-order valence-electron chi connectivity index (χ2n) is 5.13. The Morgan fingerprint density at radius 1 is 1.13 bits per heavy atom. The Kier molecular flexibility index (Phi) is 5.03. The summed E-state index contributed by atoms with van der Waals surface area (Å²) in [4.78, 5) is 17.4. The number of carbonyl (C=O) groups is 1. The highest BCUT2D eigenvalue weighted by Gasteiger charge is 2.33. The fourth-order valence-electron chi connectivity index (χ4n) is 2.27. The molecule has 23 heavy (non-hydrogen) atoms. The summed E-state index contributed by atoms with van der Waals surface area (Å²) in [5, 5.41) is 0. The summed E-state index contributed by atoms with van der Waals surface area (Å²) < 4.78 is 37.6. The monoisotopic (exact) mass is 322 g/mol. The minimum Gasteiger partial charge on any atom is -0.330 e. The molecule has 6 heteroatoms. The van der Waals surface area contributed by atoms with Crippen LogP contribution in [-0.4, -0.2) is 35.1 Å². The third kappa shape index (κ3) is 4.31. The molecule has 2 rings (SSSR count). The lowest BCUT2D eigenvalue weighted by Gasteiger charge is -2.23. The Labute approximate surface area is 132 Å². The lowest BCUT2D eigenvalue weighted by molar-refractivity contribution is -0.140. The van der Waals surface area contributed by atoms with Gasteiger partial charge in [-0.15, -0.1) is 0 Å². The first-order chi connectivity index (χ1) is 10.8. The van der Waals surface area contributed by atoms with E-state index in [0.29, 0.717) is 11.4 Å². The van der Waals surface area contributed by atoms with Gasteiger partial charge in [-0.1, -0.05) is 30.3 Å². The lowest BCUT2D eigenvalue weighted by Crippen LogP contribution is -2.39. The predicted octanol–water partition coefficient (Wildman–Crippen LogP) is 4.08. The molecule has 0 spiro atoms. The minimum atomic E-state index is -4.42. The van der Waals surface area contributed by atoms with E-state index in [-0.39, 0.29) is 12.1 Å². The van der Waals surface area contributed by atoms with Gasteiger partial charge in [-0.3, -0.25) is 9.78 Å². The molecule has 0 unspecified atom stereocenters. The third-order valence-corrected chi connectivity index (χ3v) is 3.42. The van der Waals surface area contributed by atoms with E-state index >= 15 is 0 Å². The molecular weight excluding hydrogens is 305 g/mol. The summed E-state index contributed by atoms with van der Waals surface area (Å²) >= 11 is 0. The maximum Gasteiger partial charge on any atom is 0.406 e. The van der Waals surface area contributed by atoms with Crippen LogP contribution in [0.3, 0.4) is 0 Å². The molecule has 0 bridgehead atoms. The van der Waals surface area contributed by atoms with Crippen molar-refractivity contribution in [1.82, 2.24) is 9.88 Å². The maximum atomic E-state index is 12.5. The van der Waals surface area contributed by atoms with Crippen molar-refractivity contribution in [2.45, 2.75) is 20.0 Å². The number of aromatic nitrogens is 1. The van der Waals surface area contributed by atoms with E-state index < -0.39 is 18.6 Å². The Hall–Kier alpha value is -2.37. The van der Waals surface area contributed by atoms with Gasteiger partial charge in [-0.2, -0.15) is 13.2 Å². The summed E-state index contributed by atoms with van der Waals surface area (Å²) in [6.07, 6.45) is -4.42. The molecule has 0 aliphatic rings. The summed E-state index contributed by atoms with van der Waals surface area (Å²) in [5.41, 5.74) is 2.17. The lowest BCUT2D eigenvalue weighted by atomic mass is 10.1. The van der Waals surface area contributed by atoms with Crippen molar-refractivity contribution in [2.24, 2.45) is 0 Å². The third-order valence-electron chi connectivity index (χ3n) is 3.42. The summed E-state index contributed by atoms with van der Waals surface area (Å²) in [7, 11) is 0. The van der Waals surface area contributed by atoms with E-state index in [9.17, 15) is 18.0 Å². The van der Waals surface area contributed by atoms with Crippen LogP contribution in [0.5, 0.6) is 0 Å². The zero-order valence-corrected chi connectivity index (χ0v) is 12.9. The quantitative estimate of drug-likeness (QED) is 0.850. The second kappa shape index (κ2) is 6.81. The van der Waals surface area contributed by atoms with Crippen LogP contribution < -0.4 is 0 Å². The van der Waals surface area contributed by atoms with Crippen molar-refractivity contribution in [3.63, 3.8) is 0 Å². The van der Waals surface area contributed by atoms with Gasteiger partial charge in [0.15, 0.2) is 0 Å². The molecule has 0 atom stereocenters. The van der Waals surface area contributed by atoms with Crippen molar-refractivity contribution in [3.05, 3.63) is 53.7 Å². The Balaban J connectivity index is 2.28. The second-order valence-corrected chi connectivity index (χ2v) is 5.13. The number of alkyl halides is 3. The van der Waals surface area contributed by atoms with Crippen LogP contribution in [0.4, 0.5) is 13.2 Å². The van der Waals surface area contributed by atoms with E-state index in [1.54, 1.807) is 13.0 Å². The van der Waals surface area contributed by atoms with Crippen LogP contribution in [0.25, 0.3) is 11.3 Å². The normalized spacial score (nSPS) is 11.3. The topological polar surface area (TPSA) is 33.2 Å². The largest absolute Gasteiger partial charge is 0.406 e. The molecule has 0 N–H and O–H groups in total. The molecule has 1 amide bonds. The van der Waals surface area contributed by atoms with Gasteiger partial charge in [0.1, 0.15) is 6.54 Å². The number of pyridine rings is 1. The Morgan fingerprint density at radius 2 is 1.78 bits per heavy atom. The molecule has 2 aromatic rings. The molecule has 1 aromatic heterocycles. The number of hydrogen-bond acceptors (Lipinski definition) is 2. The summed E-state index contributed by atoms with van der Waals surface area (Å²) in [5.74, 6) is -0.658. The predicted molar refractivity (Wildman–Crippen MR) is 82.0 cm³/mol. The van der Waals surface area contributed by atoms with E-state index in [4.69, 9.17) is 0 Å². The van der Waals surface area contributed by atoms with E-state index in [2.05, 4.69) is 4.98 Å². The highest BCUT2D eigenvalue weighted by molar-refractivity contribution is 5.95. The molecule has 0 saturated carbocycles. The van der Waals surface area contributed by atoms with Gasteiger partial charge < -0.3 is 4.90 Å². The van der Waals surface area contributed by atoms with Gasteiger partial charge >= 0.3 is 6.18 Å². The fraction of sp³-hybridized carbons (Fsp3) is 0.294. The minimum absolute atomic E-state index is 0.0157. The van der Waals surface area contributed by atoms with Gasteiger partial charge in [0.25, 0.3) is 5.91 Å². The SMILES string of the molecule is CCN(CC(F)(F)F)C(=O)c1ccc(-c2ccccc2)nc1C. The molecule has 1 heterocycles. The Bertz CT molecular complexity index is 684. The van der Waals surface area contributed by atoms with E-state index in [1.807, 2.05) is 30.3 Å². The number of halogens is 3. The zero-order chi connectivity index (χ0) is 17.0. The first-order valence-corrected chi connectivity index (χ1v) is 7.21. The average Bonchev–Trinajstić information content (AvgIpc) is 2.52. The van der Waals surface area contributed by atoms with Crippen LogP contribution in [0.15, 0.2) is 42.5 Å². The number of benzene rings is 1. The van der Waals surface area contributed by atoms with Crippen molar-refractivity contribution >= 4 is 5.91 Å². The number of aryl methyl sites for hydroxylation is 1. The Morgan fingerprint density at radius 3 is 2.30 bits per heavy atom. The first kappa shape index (κ1) is 17.0. The smallest absolute Gasteiger partial charge is 0.330 e. The van der Waals surface area contributed by atoms with Crippen LogP contribution in [0.2, 0.25) is 0 Å². The fourth-order valence-corrected chi connectivity index (χ4v) is 2.27. The summed E-state index contributed by atoms with van der Waals surface area (Å²) in [6.45, 7) is 1.87. The maximum absolute atomic E-state index is 12.5. The van der Waals surface area contributed by atoms with E-state index in [0.717, 1.165) is 10.5 Å². The molecular formula is C17H17F3N2O. The van der Waals surface area contributed by atoms with Gasteiger partial charge in [0, 0.05) is 12.1 Å². The van der Waals surface area contributed by atoms with Crippen LogP contribution in [0, 0.1) is 6.92 Å². The number of nitrogens with zero attached hydrogens (tertiary/aromatic N) is 2. The molecule has 0 fully saturated rings. The molecule has 1 aromatic carbocycles. The van der Waals surface area contributed by atoms with Gasteiger partial charge in [-0.05, 0) is 26.0 Å². The average molecular weight is 322 g/mol. The standard InChI is InChI=1S/C17H17F3N2O/c1-3-22(11-17(18,19)20)16(23)14-9-10-15(21-12(14)2)13-7-5-4-6-8-13/h4-10H,3,11H2,1-2H3. The number of rotatable bonds is 4. The highest BCUT2D eigenvalue weighted by Crippen LogP contribution is 2.21. The molecule has 0 radical (unpaired) electrons. The summed E-state index contributed by atoms with van der Waals surface area (Å²) in [6, 6.07) is 12.6. The number of hydrogen-bond donors (Lipinski definition) is 0. The van der Waals surface area contributed by atoms with Gasteiger partial charge in [-0.25, -0.2) is 0 Å².